The summed E-state index contributed by atoms with van der Waals surface area (Å²) >= 11 is 0. The summed E-state index contributed by atoms with van der Waals surface area (Å²) in [7, 11) is -4.19. The molecular formula is C27H33F3N2O8S. The zero-order chi connectivity index (χ0) is 30.4. The number of fused-ring (bicyclic) bond motifs is 1. The number of carbonyl (C=O) groups is 2. The van der Waals surface area contributed by atoms with Gasteiger partial charge in [0.2, 0.25) is 10.0 Å². The Labute approximate surface area is 236 Å². The second-order valence-corrected chi connectivity index (χ2v) is 11.8. The number of sulfonamides is 1. The number of nitrogens with zero attached hydrogens (tertiary/aromatic N) is 1. The van der Waals surface area contributed by atoms with Crippen LogP contribution in [0.25, 0.3) is 0 Å². The summed E-state index contributed by atoms with van der Waals surface area (Å²) in [5.74, 6) is -0.649. The number of hydrogen-bond donors (Lipinski definition) is 1. The first-order chi connectivity index (χ1) is 19.0. The Kier molecular flexibility index (Phi) is 10.1. The third-order valence-electron chi connectivity index (χ3n) is 5.82. The van der Waals surface area contributed by atoms with E-state index in [1.807, 2.05) is 0 Å². The van der Waals surface area contributed by atoms with Gasteiger partial charge in [-0.25, -0.2) is 18.4 Å². The summed E-state index contributed by atoms with van der Waals surface area (Å²) in [5.41, 5.74) is -0.455. The quantitative estimate of drug-likeness (QED) is 0.285. The van der Waals surface area contributed by atoms with Crippen molar-refractivity contribution in [3.63, 3.8) is 0 Å². The molecule has 3 rings (SSSR count). The number of unbranched alkanes of at least 4 members (excludes halogenated alkanes) is 1. The van der Waals surface area contributed by atoms with Gasteiger partial charge in [0.15, 0.2) is 17.3 Å². The Morgan fingerprint density at radius 2 is 1.71 bits per heavy atom. The van der Waals surface area contributed by atoms with Gasteiger partial charge in [0.1, 0.15) is 29.5 Å². The number of amides is 1. The fraction of sp³-hybridized carbons (Fsp3) is 0.481. The summed E-state index contributed by atoms with van der Waals surface area (Å²) in [5, 5.41) is 5.30. The minimum Gasteiger partial charge on any atom is -0.486 e. The van der Waals surface area contributed by atoms with E-state index in [9.17, 15) is 31.2 Å². The molecule has 1 aliphatic heterocycles. The first kappa shape index (κ1) is 32.0. The maximum Gasteiger partial charge on any atom is 0.573 e. The van der Waals surface area contributed by atoms with Crippen LogP contribution in [-0.4, -0.2) is 63.5 Å². The number of nitrogens with two attached hydrogens (primary N) is 1. The first-order valence-electron chi connectivity index (χ1n) is 12.8. The summed E-state index contributed by atoms with van der Waals surface area (Å²) in [4.78, 5) is 26.8. The maximum absolute atomic E-state index is 12.9. The van der Waals surface area contributed by atoms with Gasteiger partial charge in [-0.1, -0.05) is 18.2 Å². The van der Waals surface area contributed by atoms with Crippen LogP contribution < -0.4 is 19.3 Å². The van der Waals surface area contributed by atoms with Crippen LogP contribution in [0.5, 0.6) is 17.2 Å². The SMILES string of the molecule is CC(C)(C)OC(=O)N(CCCCC(=O)c1cc2c(c(S(N)(=O)=O)c1)OCCO2)CCc1ccccc1OC(F)(F)F. The highest BCUT2D eigenvalue weighted by Gasteiger charge is 2.32. The Balaban J connectivity index is 1.66. The van der Waals surface area contributed by atoms with Crippen molar-refractivity contribution in [3.8, 4) is 17.2 Å². The van der Waals surface area contributed by atoms with Crippen LogP contribution in [0.15, 0.2) is 41.3 Å². The summed E-state index contributed by atoms with van der Waals surface area (Å²) in [6.45, 7) is 5.60. The van der Waals surface area contributed by atoms with Crippen LogP contribution in [-0.2, 0) is 21.2 Å². The van der Waals surface area contributed by atoms with Gasteiger partial charge in [0.25, 0.3) is 0 Å². The molecule has 226 valence electrons. The van der Waals surface area contributed by atoms with Crippen LogP contribution >= 0.6 is 0 Å². The predicted molar refractivity (Wildman–Crippen MR) is 142 cm³/mol. The number of rotatable bonds is 11. The molecule has 10 nitrogen and oxygen atoms in total. The third kappa shape index (κ3) is 9.81. The molecule has 41 heavy (non-hydrogen) atoms. The van der Waals surface area contributed by atoms with Gasteiger partial charge in [-0.3, -0.25) is 4.79 Å². The summed E-state index contributed by atoms with van der Waals surface area (Å²) in [6.07, 6.45) is -4.74. The molecule has 0 unspecified atom stereocenters. The van der Waals surface area contributed by atoms with Gasteiger partial charge < -0.3 is 23.8 Å². The minimum absolute atomic E-state index is 0.0219. The zero-order valence-corrected chi connectivity index (χ0v) is 23.8. The molecule has 0 aliphatic carbocycles. The van der Waals surface area contributed by atoms with Gasteiger partial charge >= 0.3 is 12.5 Å². The van der Waals surface area contributed by atoms with Crippen molar-refractivity contribution in [3.05, 3.63) is 47.5 Å². The molecule has 1 amide bonds. The van der Waals surface area contributed by atoms with Crippen LogP contribution in [0.2, 0.25) is 0 Å². The fourth-order valence-corrected chi connectivity index (χ4v) is 4.75. The van der Waals surface area contributed by atoms with Crippen LogP contribution in [0.4, 0.5) is 18.0 Å². The number of para-hydroxylation sites is 1. The molecule has 0 bridgehead atoms. The number of ether oxygens (including phenoxy) is 4. The lowest BCUT2D eigenvalue weighted by molar-refractivity contribution is -0.274. The second-order valence-electron chi connectivity index (χ2n) is 10.3. The molecule has 2 aromatic carbocycles. The first-order valence-corrected chi connectivity index (χ1v) is 14.4. The number of halogens is 3. The van der Waals surface area contributed by atoms with Crippen molar-refractivity contribution in [2.45, 2.75) is 63.3 Å². The maximum atomic E-state index is 12.9. The van der Waals surface area contributed by atoms with Gasteiger partial charge in [-0.2, -0.15) is 0 Å². The number of benzene rings is 2. The third-order valence-corrected chi connectivity index (χ3v) is 6.74. The van der Waals surface area contributed by atoms with Gasteiger partial charge in [0.05, 0.1) is 0 Å². The summed E-state index contributed by atoms with van der Waals surface area (Å²) in [6, 6.07) is 8.22. The molecule has 0 radical (unpaired) electrons. The smallest absolute Gasteiger partial charge is 0.486 e. The normalized spacial score (nSPS) is 13.4. The molecule has 0 fully saturated rings. The molecule has 14 heteroatoms. The Morgan fingerprint density at radius 1 is 1.02 bits per heavy atom. The average molecular weight is 603 g/mol. The second kappa shape index (κ2) is 13.0. The van der Waals surface area contributed by atoms with E-state index in [1.54, 1.807) is 26.8 Å². The Morgan fingerprint density at radius 3 is 2.37 bits per heavy atom. The molecular weight excluding hydrogens is 569 g/mol. The molecule has 1 aliphatic rings. The number of hydrogen-bond acceptors (Lipinski definition) is 8. The molecule has 1 heterocycles. The van der Waals surface area contributed by atoms with Crippen LogP contribution in [0.1, 0.15) is 56.0 Å². The van der Waals surface area contributed by atoms with Crippen molar-refractivity contribution in [2.24, 2.45) is 5.14 Å². The standard InChI is InChI=1S/C27H33F3N2O8S/c1-26(2,3)40-25(34)32(13-11-18-8-4-5-10-21(18)39-27(28,29)30)12-7-6-9-20(33)19-16-22-24(38-15-14-37-22)23(17-19)41(31,35)36/h4-5,8,10,16-17H,6-7,9,11-15H2,1-3H3,(H2,31,35,36). The lowest BCUT2D eigenvalue weighted by Crippen LogP contribution is -2.38. The fourth-order valence-electron chi connectivity index (χ4n) is 4.04. The van der Waals surface area contributed by atoms with Gasteiger partial charge in [0, 0.05) is 25.1 Å². The molecule has 0 saturated heterocycles. The molecule has 0 spiro atoms. The lowest BCUT2D eigenvalue weighted by atomic mass is 10.0. The Bertz CT molecular complexity index is 1360. The number of Topliss-reactive ketones (excluding diaryl/α,β-unsaturated/α-hetero) is 1. The van der Waals surface area contributed by atoms with Crippen molar-refractivity contribution in [1.82, 2.24) is 4.90 Å². The van der Waals surface area contributed by atoms with Crippen molar-refractivity contribution in [2.75, 3.05) is 26.3 Å². The largest absolute Gasteiger partial charge is 0.573 e. The van der Waals surface area contributed by atoms with E-state index < -0.39 is 28.1 Å². The van der Waals surface area contributed by atoms with Crippen molar-refractivity contribution >= 4 is 21.9 Å². The van der Waals surface area contributed by atoms with Crippen LogP contribution in [0, 0.1) is 0 Å². The van der Waals surface area contributed by atoms with Crippen molar-refractivity contribution < 1.29 is 50.1 Å². The van der Waals surface area contributed by atoms with E-state index in [-0.39, 0.29) is 78.2 Å². The lowest BCUT2D eigenvalue weighted by Gasteiger charge is -2.27. The number of carbonyl (C=O) groups excluding carboxylic acids is 2. The Hall–Kier alpha value is -3.52. The highest BCUT2D eigenvalue weighted by molar-refractivity contribution is 7.89. The molecule has 2 N–H and O–H groups in total. The van der Waals surface area contributed by atoms with Gasteiger partial charge in [-0.15, -0.1) is 13.2 Å². The molecule has 2 aromatic rings. The van der Waals surface area contributed by atoms with Crippen molar-refractivity contribution in [1.29, 1.82) is 0 Å². The highest BCUT2D eigenvalue weighted by atomic mass is 32.2. The number of ketones is 1. The van der Waals surface area contributed by atoms with E-state index in [0.29, 0.717) is 12.8 Å². The van der Waals surface area contributed by atoms with E-state index in [1.165, 1.54) is 29.2 Å². The topological polar surface area (TPSA) is 134 Å². The monoisotopic (exact) mass is 602 g/mol. The van der Waals surface area contributed by atoms with E-state index in [4.69, 9.17) is 19.3 Å². The zero-order valence-electron chi connectivity index (χ0n) is 23.0. The molecule has 0 aromatic heterocycles. The minimum atomic E-state index is -4.86. The van der Waals surface area contributed by atoms with Crippen LogP contribution in [0.3, 0.4) is 0 Å². The van der Waals surface area contributed by atoms with E-state index in [2.05, 4.69) is 4.74 Å². The van der Waals surface area contributed by atoms with E-state index in [0.717, 1.165) is 6.07 Å². The number of alkyl halides is 3. The molecule has 0 atom stereocenters. The molecule has 0 saturated carbocycles. The average Bonchev–Trinajstić information content (AvgIpc) is 2.85. The number of primary sulfonamides is 1. The summed E-state index contributed by atoms with van der Waals surface area (Å²) < 4.78 is 82.9. The highest BCUT2D eigenvalue weighted by Crippen LogP contribution is 2.38. The predicted octanol–water partition coefficient (Wildman–Crippen LogP) is 4.84. The van der Waals surface area contributed by atoms with Gasteiger partial charge in [-0.05, 0) is 63.8 Å². The van der Waals surface area contributed by atoms with E-state index >= 15 is 0 Å².